The van der Waals surface area contributed by atoms with E-state index in [1.807, 2.05) is 0 Å². The number of ether oxygens (including phenoxy) is 2. The molecule has 16 nitrogen and oxygen atoms in total. The van der Waals surface area contributed by atoms with Gasteiger partial charge in [-0.2, -0.15) is 0 Å². The highest BCUT2D eigenvalue weighted by atomic mass is 32.2. The summed E-state index contributed by atoms with van der Waals surface area (Å²) in [7, 11) is 0. The minimum atomic E-state index is -1.37. The molecule has 0 bridgehead atoms. The number of nitrogens with one attached hydrogen (secondary N) is 2. The lowest BCUT2D eigenvalue weighted by atomic mass is 10.0. The number of esters is 2. The summed E-state index contributed by atoms with van der Waals surface area (Å²) in [6.07, 6.45) is 1.94. The van der Waals surface area contributed by atoms with Crippen LogP contribution in [0.25, 0.3) is 0 Å². The number of aliphatic carboxylic acids is 2. The summed E-state index contributed by atoms with van der Waals surface area (Å²) in [5, 5.41) is 22.8. The maximum Gasteiger partial charge on any atom is 0.352 e. The number of hydrogen-bond donors (Lipinski definition) is 4. The van der Waals surface area contributed by atoms with Gasteiger partial charge in [-0.25, -0.2) is 9.59 Å². The van der Waals surface area contributed by atoms with E-state index in [1.54, 1.807) is 0 Å². The van der Waals surface area contributed by atoms with Crippen molar-refractivity contribution in [3.05, 3.63) is 34.7 Å². The fourth-order valence-electron chi connectivity index (χ4n) is 4.67. The molecule has 2 saturated heterocycles. The monoisotopic (exact) mass is 638 g/mol. The van der Waals surface area contributed by atoms with Gasteiger partial charge in [0.25, 0.3) is 11.8 Å². The molecule has 0 aromatic carbocycles. The summed E-state index contributed by atoms with van der Waals surface area (Å²) in [5.74, 6) is -6.21. The molecule has 0 radical (unpaired) electrons. The molecule has 0 aliphatic carbocycles. The van der Waals surface area contributed by atoms with Gasteiger partial charge in [0.15, 0.2) is 0 Å². The summed E-state index contributed by atoms with van der Waals surface area (Å²) in [6, 6.07) is -2.00. The van der Waals surface area contributed by atoms with Crippen molar-refractivity contribution in [2.75, 3.05) is 24.7 Å². The van der Waals surface area contributed by atoms with Gasteiger partial charge < -0.3 is 30.3 Å². The largest absolute Gasteiger partial charge is 0.477 e. The van der Waals surface area contributed by atoms with Crippen molar-refractivity contribution in [3.63, 3.8) is 0 Å². The molecule has 4 aliphatic heterocycles. The van der Waals surface area contributed by atoms with Gasteiger partial charge >= 0.3 is 23.9 Å². The lowest BCUT2D eigenvalue weighted by Crippen LogP contribution is -2.70. The Labute approximate surface area is 251 Å². The van der Waals surface area contributed by atoms with Crippen molar-refractivity contribution in [3.8, 4) is 0 Å². The van der Waals surface area contributed by atoms with E-state index < -0.39 is 70.3 Å². The number of β-lactam (4-membered cyclic amide) rings is 2. The van der Waals surface area contributed by atoms with Crippen LogP contribution in [-0.4, -0.2) is 115 Å². The Balaban J connectivity index is 1.28. The fourth-order valence-corrected chi connectivity index (χ4v) is 7.33. The van der Waals surface area contributed by atoms with Crippen molar-refractivity contribution >= 4 is 71.0 Å². The fraction of sp³-hybridized carbons (Fsp3) is 0.440. The van der Waals surface area contributed by atoms with E-state index in [4.69, 9.17) is 9.47 Å². The van der Waals surface area contributed by atoms with E-state index >= 15 is 0 Å². The van der Waals surface area contributed by atoms with Gasteiger partial charge in [-0.15, -0.1) is 23.5 Å². The van der Waals surface area contributed by atoms with Crippen LogP contribution in [0.3, 0.4) is 0 Å². The van der Waals surface area contributed by atoms with Gasteiger partial charge in [0.05, 0.1) is 0 Å². The van der Waals surface area contributed by atoms with Crippen molar-refractivity contribution in [1.82, 2.24) is 20.4 Å². The summed E-state index contributed by atoms with van der Waals surface area (Å²) in [5.41, 5.74) is -0.0675. The maximum absolute atomic E-state index is 12.7. The zero-order valence-electron chi connectivity index (χ0n) is 22.7. The van der Waals surface area contributed by atoms with E-state index in [1.165, 1.54) is 43.4 Å². The highest BCUT2D eigenvalue weighted by molar-refractivity contribution is 8.00. The van der Waals surface area contributed by atoms with Crippen LogP contribution in [0.2, 0.25) is 0 Å². The molecule has 0 unspecified atom stereocenters. The Morgan fingerprint density at radius 1 is 0.814 bits per heavy atom. The first-order chi connectivity index (χ1) is 20.3. The molecule has 0 saturated carbocycles. The Morgan fingerprint density at radius 3 is 1.67 bits per heavy atom. The van der Waals surface area contributed by atoms with Gasteiger partial charge in [0.1, 0.15) is 47.4 Å². The van der Waals surface area contributed by atoms with E-state index in [0.717, 1.165) is 15.9 Å². The molecule has 0 aromatic heterocycles. The lowest BCUT2D eigenvalue weighted by Gasteiger charge is -2.49. The molecule has 4 rings (SSSR count). The predicted molar refractivity (Wildman–Crippen MR) is 146 cm³/mol. The third kappa shape index (κ3) is 6.53. The van der Waals surface area contributed by atoms with Gasteiger partial charge in [-0.1, -0.05) is 6.08 Å². The summed E-state index contributed by atoms with van der Waals surface area (Å²) in [6.45, 7) is 1.80. The third-order valence-electron chi connectivity index (χ3n) is 6.59. The van der Waals surface area contributed by atoms with Gasteiger partial charge in [0.2, 0.25) is 11.8 Å². The number of carboxylic acid groups (broad SMARTS) is 2. The van der Waals surface area contributed by atoms with E-state index in [2.05, 4.69) is 10.6 Å². The SMILES string of the molecule is CC(=O)OCC1=C(C(=O)O)N2C(=O)[C@@H](NC(=O)/C=C/CC(=O)N[C@@H]3C(=O)N4C(C(=O)O)=C(COC(C)=O)CS[C@H]34)[C@H]2SC1. The number of nitrogens with zero attached hydrogens (tertiary/aromatic N) is 2. The van der Waals surface area contributed by atoms with Crippen LogP contribution < -0.4 is 10.6 Å². The van der Waals surface area contributed by atoms with Crippen LogP contribution in [0.4, 0.5) is 0 Å². The highest BCUT2D eigenvalue weighted by Gasteiger charge is 2.55. The summed E-state index contributed by atoms with van der Waals surface area (Å²) in [4.78, 5) is 98.0. The molecule has 43 heavy (non-hydrogen) atoms. The third-order valence-corrected chi connectivity index (χ3v) is 9.26. The zero-order chi connectivity index (χ0) is 31.6. The smallest absolute Gasteiger partial charge is 0.352 e. The van der Waals surface area contributed by atoms with E-state index in [-0.39, 0.29) is 53.7 Å². The normalized spacial score (nSPS) is 24.4. The number of carboxylic acids is 2. The van der Waals surface area contributed by atoms with Crippen LogP contribution in [0.15, 0.2) is 34.7 Å². The molecular weight excluding hydrogens is 612 g/mol. The molecule has 4 atom stereocenters. The average Bonchev–Trinajstić information content (AvgIpc) is 2.94. The number of carbonyl (C=O) groups excluding carboxylic acids is 6. The first kappa shape index (κ1) is 31.6. The second-order valence-electron chi connectivity index (χ2n) is 9.53. The number of thioether (sulfide) groups is 2. The Morgan fingerprint density at radius 2 is 1.26 bits per heavy atom. The van der Waals surface area contributed by atoms with Crippen LogP contribution in [-0.2, 0) is 47.8 Å². The Kier molecular flexibility index (Phi) is 9.49. The molecule has 0 aromatic rings. The minimum absolute atomic E-state index is 0.166. The van der Waals surface area contributed by atoms with Gasteiger partial charge in [-0.05, 0) is 6.08 Å². The van der Waals surface area contributed by atoms with Gasteiger partial charge in [-0.3, -0.25) is 38.6 Å². The number of amides is 4. The molecule has 4 N–H and O–H groups in total. The predicted octanol–water partition coefficient (Wildman–Crippen LogP) is -1.46. The summed E-state index contributed by atoms with van der Waals surface area (Å²) >= 11 is 2.40. The topological polar surface area (TPSA) is 226 Å². The van der Waals surface area contributed by atoms with Crippen LogP contribution in [0.1, 0.15) is 20.3 Å². The Bertz CT molecular complexity index is 1410. The van der Waals surface area contributed by atoms with Crippen LogP contribution in [0.5, 0.6) is 0 Å². The highest BCUT2D eigenvalue weighted by Crippen LogP contribution is 2.41. The lowest BCUT2D eigenvalue weighted by molar-refractivity contribution is -0.151. The van der Waals surface area contributed by atoms with Crippen molar-refractivity contribution in [1.29, 1.82) is 0 Å². The van der Waals surface area contributed by atoms with Crippen molar-refractivity contribution in [2.45, 2.75) is 43.1 Å². The van der Waals surface area contributed by atoms with E-state index in [9.17, 15) is 48.6 Å². The number of rotatable bonds is 11. The number of hydrogen-bond acceptors (Lipinski definition) is 12. The Hall–Kier alpha value is -4.32. The maximum atomic E-state index is 12.7. The van der Waals surface area contributed by atoms with E-state index in [0.29, 0.717) is 0 Å². The molecule has 4 aliphatic rings. The first-order valence-electron chi connectivity index (χ1n) is 12.6. The second kappa shape index (κ2) is 12.9. The van der Waals surface area contributed by atoms with Gasteiger partial charge in [0, 0.05) is 42.9 Å². The minimum Gasteiger partial charge on any atom is -0.477 e. The molecular formula is C25H26N4O12S2. The molecule has 4 amide bonds. The molecule has 2 fully saturated rings. The quantitative estimate of drug-likeness (QED) is 0.115. The zero-order valence-corrected chi connectivity index (χ0v) is 24.3. The van der Waals surface area contributed by atoms with Crippen LogP contribution >= 0.6 is 23.5 Å². The van der Waals surface area contributed by atoms with Crippen LogP contribution in [0, 0.1) is 0 Å². The van der Waals surface area contributed by atoms with Crippen molar-refractivity contribution in [2.24, 2.45) is 0 Å². The standard InChI is InChI=1S/C25H26N4O12S2/c1-10(30)40-6-12-8-42-22-16(20(34)28(22)18(12)24(36)37)26-14(32)4-3-5-15(33)27-17-21(35)29-19(25(38)39)13(7-41-11(2)31)9-43-23(17)29/h3-4,16-17,22-23H,5-9H2,1-2H3,(H,26,32)(H,27,33)(H,36,37)(H,38,39)/b4-3+/t16-,17-,22-,23-/m1/s1. The molecule has 18 heteroatoms. The molecule has 4 heterocycles. The second-order valence-corrected chi connectivity index (χ2v) is 11.7. The first-order valence-corrected chi connectivity index (χ1v) is 14.7. The van der Waals surface area contributed by atoms with Crippen molar-refractivity contribution < 1.29 is 58.0 Å². The average molecular weight is 639 g/mol. The molecule has 230 valence electrons. The summed E-state index contributed by atoms with van der Waals surface area (Å²) < 4.78 is 9.75. The molecule has 0 spiro atoms. The number of carbonyl (C=O) groups is 8. The number of fused-ring (bicyclic) bond motifs is 2.